The van der Waals surface area contributed by atoms with E-state index in [0.29, 0.717) is 12.8 Å². The zero-order chi connectivity index (χ0) is 31.4. The summed E-state index contributed by atoms with van der Waals surface area (Å²) in [5, 5.41) is 2.99. The van der Waals surface area contributed by atoms with E-state index in [2.05, 4.69) is 38.3 Å². The fourth-order valence-corrected chi connectivity index (χ4v) is 7.59. The minimum Gasteiger partial charge on any atom is -0.354 e. The molecule has 2 aliphatic heterocycles. The van der Waals surface area contributed by atoms with Gasteiger partial charge in [0, 0.05) is 63.8 Å². The number of amides is 1. The van der Waals surface area contributed by atoms with E-state index in [0.717, 1.165) is 73.1 Å². The van der Waals surface area contributed by atoms with Gasteiger partial charge in [0.1, 0.15) is 17.7 Å². The number of piperazine rings is 1. The molecule has 1 atom stereocenters. The van der Waals surface area contributed by atoms with Crippen molar-refractivity contribution in [2.45, 2.75) is 43.8 Å². The molecule has 2 aromatic heterocycles. The van der Waals surface area contributed by atoms with Crippen LogP contribution in [0.5, 0.6) is 0 Å². The maximum Gasteiger partial charge on any atom is 0.243 e. The molecule has 2 saturated heterocycles. The van der Waals surface area contributed by atoms with Gasteiger partial charge in [-0.15, -0.1) is 0 Å². The first-order valence-electron chi connectivity index (χ1n) is 15.3. The molecule has 2 aromatic carbocycles. The Hall–Kier alpha value is -4.19. The Morgan fingerprint density at radius 1 is 0.956 bits per heavy atom. The summed E-state index contributed by atoms with van der Waals surface area (Å²) >= 11 is 0. The van der Waals surface area contributed by atoms with Gasteiger partial charge in [-0.25, -0.2) is 17.8 Å². The Morgan fingerprint density at radius 3 is 2.42 bits per heavy atom. The predicted octanol–water partition coefficient (Wildman–Crippen LogP) is 4.38. The molecular weight excluding hydrogens is 591 g/mol. The molecule has 1 N–H and O–H groups in total. The maximum absolute atomic E-state index is 13.4. The van der Waals surface area contributed by atoms with E-state index in [9.17, 15) is 17.6 Å². The summed E-state index contributed by atoms with van der Waals surface area (Å²) in [5.41, 5.74) is 5.03. The quantitative estimate of drug-likeness (QED) is 0.294. The summed E-state index contributed by atoms with van der Waals surface area (Å²) in [6.07, 6.45) is 4.68. The molecule has 45 heavy (non-hydrogen) atoms. The van der Waals surface area contributed by atoms with Crippen LogP contribution in [-0.2, 0) is 27.9 Å². The zero-order valence-electron chi connectivity index (χ0n) is 25.3. The van der Waals surface area contributed by atoms with Gasteiger partial charge < -0.3 is 10.2 Å². The molecule has 234 valence electrons. The lowest BCUT2D eigenvalue weighted by molar-refractivity contribution is -0.124. The van der Waals surface area contributed by atoms with E-state index in [1.54, 1.807) is 6.20 Å². The molecule has 11 heteroatoms. The van der Waals surface area contributed by atoms with Gasteiger partial charge in [0.05, 0.1) is 10.6 Å². The van der Waals surface area contributed by atoms with E-state index in [-0.39, 0.29) is 23.9 Å². The molecule has 0 saturated carbocycles. The van der Waals surface area contributed by atoms with Crippen LogP contribution in [0, 0.1) is 12.7 Å². The second kappa shape index (κ2) is 13.4. The summed E-state index contributed by atoms with van der Waals surface area (Å²) in [4.78, 5) is 27.3. The van der Waals surface area contributed by atoms with Gasteiger partial charge in [-0.3, -0.25) is 14.7 Å². The minimum atomic E-state index is -3.94. The number of hydrogen-bond acceptors (Lipinski definition) is 7. The van der Waals surface area contributed by atoms with E-state index < -0.39 is 21.9 Å². The van der Waals surface area contributed by atoms with Crippen LogP contribution in [0.4, 0.5) is 10.2 Å². The average Bonchev–Trinajstić information content (AvgIpc) is 3.56. The van der Waals surface area contributed by atoms with Gasteiger partial charge in [0.25, 0.3) is 0 Å². The van der Waals surface area contributed by atoms with Crippen molar-refractivity contribution in [3.63, 3.8) is 0 Å². The number of pyridine rings is 2. The van der Waals surface area contributed by atoms with Gasteiger partial charge in [-0.05, 0) is 73.4 Å². The number of carbonyl (C=O) groups is 1. The number of rotatable bonds is 9. The van der Waals surface area contributed by atoms with Crippen LogP contribution in [0.3, 0.4) is 0 Å². The van der Waals surface area contributed by atoms with Crippen molar-refractivity contribution < 1.29 is 17.6 Å². The molecule has 2 aliphatic rings. The molecule has 4 aromatic rings. The van der Waals surface area contributed by atoms with Crippen molar-refractivity contribution in [3.05, 3.63) is 108 Å². The number of nitrogens with one attached hydrogen (secondary N) is 1. The van der Waals surface area contributed by atoms with Crippen LogP contribution in [0.15, 0.2) is 90.1 Å². The Bertz CT molecular complexity index is 1730. The molecule has 0 spiro atoms. The van der Waals surface area contributed by atoms with Crippen molar-refractivity contribution in [2.24, 2.45) is 0 Å². The SMILES string of the molecule is Cc1ccc(-c2cc(CNC(=O)[C@@H]3CCCN3S(=O)(=O)c3ccc(F)cc3)cc(N3CCN(Cc4cccnc4)CC3)n2)cc1. The lowest BCUT2D eigenvalue weighted by atomic mass is 10.1. The highest BCUT2D eigenvalue weighted by atomic mass is 32.2. The average molecular weight is 629 g/mol. The highest BCUT2D eigenvalue weighted by molar-refractivity contribution is 7.89. The number of hydrogen-bond donors (Lipinski definition) is 1. The van der Waals surface area contributed by atoms with Gasteiger partial charge in [-0.1, -0.05) is 35.9 Å². The molecule has 0 bridgehead atoms. The third-order valence-electron chi connectivity index (χ3n) is 8.44. The van der Waals surface area contributed by atoms with Gasteiger partial charge in [0.15, 0.2) is 0 Å². The number of anilines is 1. The van der Waals surface area contributed by atoms with Crippen LogP contribution in [0.25, 0.3) is 11.3 Å². The van der Waals surface area contributed by atoms with E-state index in [1.807, 2.05) is 43.5 Å². The number of halogens is 1. The Morgan fingerprint density at radius 2 is 1.71 bits per heavy atom. The molecule has 2 fully saturated rings. The number of benzene rings is 2. The van der Waals surface area contributed by atoms with Crippen LogP contribution < -0.4 is 10.2 Å². The van der Waals surface area contributed by atoms with Crippen LogP contribution >= 0.6 is 0 Å². The monoisotopic (exact) mass is 628 g/mol. The highest BCUT2D eigenvalue weighted by Crippen LogP contribution is 2.28. The van der Waals surface area contributed by atoms with Crippen LogP contribution in [0.1, 0.15) is 29.5 Å². The van der Waals surface area contributed by atoms with Crippen molar-refractivity contribution in [1.82, 2.24) is 24.5 Å². The lowest BCUT2D eigenvalue weighted by Crippen LogP contribution is -2.46. The summed E-state index contributed by atoms with van der Waals surface area (Å²) in [6.45, 7) is 6.77. The number of nitrogens with zero attached hydrogens (tertiary/aromatic N) is 5. The minimum absolute atomic E-state index is 0.0225. The lowest BCUT2D eigenvalue weighted by Gasteiger charge is -2.35. The number of aromatic nitrogens is 2. The van der Waals surface area contributed by atoms with Crippen molar-refractivity contribution >= 4 is 21.7 Å². The van der Waals surface area contributed by atoms with E-state index in [1.165, 1.54) is 22.0 Å². The second-order valence-electron chi connectivity index (χ2n) is 11.7. The molecule has 6 rings (SSSR count). The van der Waals surface area contributed by atoms with Gasteiger partial charge in [-0.2, -0.15) is 4.31 Å². The first-order chi connectivity index (χ1) is 21.8. The normalized spacial score (nSPS) is 17.8. The van der Waals surface area contributed by atoms with Crippen molar-refractivity contribution in [1.29, 1.82) is 0 Å². The predicted molar refractivity (Wildman–Crippen MR) is 171 cm³/mol. The maximum atomic E-state index is 13.4. The van der Waals surface area contributed by atoms with E-state index >= 15 is 0 Å². The van der Waals surface area contributed by atoms with Gasteiger partial charge in [0.2, 0.25) is 15.9 Å². The summed E-state index contributed by atoms with van der Waals surface area (Å²) in [6, 6.07) is 20.1. The third kappa shape index (κ3) is 7.22. The molecule has 0 aliphatic carbocycles. The third-order valence-corrected chi connectivity index (χ3v) is 10.4. The van der Waals surface area contributed by atoms with Crippen molar-refractivity contribution in [3.8, 4) is 11.3 Å². The Labute approximate surface area is 263 Å². The first-order valence-corrected chi connectivity index (χ1v) is 16.7. The second-order valence-corrected chi connectivity index (χ2v) is 13.5. The summed E-state index contributed by atoms with van der Waals surface area (Å²) in [7, 11) is -3.94. The zero-order valence-corrected chi connectivity index (χ0v) is 26.1. The van der Waals surface area contributed by atoms with Crippen molar-refractivity contribution in [2.75, 3.05) is 37.6 Å². The highest BCUT2D eigenvalue weighted by Gasteiger charge is 2.39. The largest absolute Gasteiger partial charge is 0.354 e. The molecule has 1 amide bonds. The summed E-state index contributed by atoms with van der Waals surface area (Å²) < 4.78 is 41.3. The fourth-order valence-electron chi connectivity index (χ4n) is 5.93. The molecule has 9 nitrogen and oxygen atoms in total. The molecule has 0 unspecified atom stereocenters. The van der Waals surface area contributed by atoms with E-state index in [4.69, 9.17) is 4.98 Å². The first kappa shape index (κ1) is 30.8. The van der Waals surface area contributed by atoms with Gasteiger partial charge >= 0.3 is 0 Å². The standard InChI is InChI=1S/C34H37FN6O3S/c1-25-6-8-28(9-7-25)31-20-27(21-33(38-31)40-18-16-39(17-19-40)24-26-4-2-14-36-22-26)23-37-34(42)32-5-3-15-41(32)45(43,44)30-12-10-29(35)11-13-30/h2,4,6-14,20-22,32H,3,5,15-19,23-24H2,1H3,(H,37,42)/t32-/m0/s1. The summed E-state index contributed by atoms with van der Waals surface area (Å²) in [5.74, 6) is -0.0183. The number of sulfonamides is 1. The van der Waals surface area contributed by atoms with Crippen LogP contribution in [-0.4, -0.2) is 72.3 Å². The van der Waals surface area contributed by atoms with Crippen LogP contribution in [0.2, 0.25) is 0 Å². The Balaban J connectivity index is 1.18. The number of carbonyl (C=O) groups excluding carboxylic acids is 1. The number of aryl methyl sites for hydroxylation is 1. The molecule has 4 heterocycles. The molecule has 0 radical (unpaired) electrons. The smallest absolute Gasteiger partial charge is 0.243 e. The molecular formula is C34H37FN6O3S. The topological polar surface area (TPSA) is 98.7 Å². The fraction of sp³-hybridized carbons (Fsp3) is 0.324. The Kier molecular flexibility index (Phi) is 9.20.